The van der Waals surface area contributed by atoms with Gasteiger partial charge in [-0.15, -0.1) is 0 Å². The van der Waals surface area contributed by atoms with Crippen LogP contribution in [-0.4, -0.2) is 35.9 Å². The molecule has 1 saturated heterocycles. The molecule has 0 radical (unpaired) electrons. The number of benzene rings is 2. The Morgan fingerprint density at radius 3 is 2.50 bits per heavy atom. The molecule has 0 bridgehead atoms. The maximum Gasteiger partial charge on any atom is 0.259 e. The Labute approximate surface area is 161 Å². The van der Waals surface area contributed by atoms with Gasteiger partial charge in [0.05, 0.1) is 34.7 Å². The van der Waals surface area contributed by atoms with Crippen molar-refractivity contribution in [3.8, 4) is 5.75 Å². The third kappa shape index (κ3) is 2.81. The van der Waals surface area contributed by atoms with Gasteiger partial charge in [-0.25, -0.2) is 0 Å². The predicted molar refractivity (Wildman–Crippen MR) is 100 cm³/mol. The van der Waals surface area contributed by atoms with Crippen molar-refractivity contribution in [2.75, 3.05) is 18.2 Å². The lowest BCUT2D eigenvalue weighted by Gasteiger charge is -2.39. The molecule has 26 heavy (non-hydrogen) atoms. The number of carbonyl (C=O) groups excluding carboxylic acids is 2. The number of ether oxygens (including phenoxy) is 1. The molecule has 4 rings (SSSR count). The van der Waals surface area contributed by atoms with E-state index in [2.05, 4.69) is 0 Å². The van der Waals surface area contributed by atoms with E-state index in [9.17, 15) is 9.59 Å². The summed E-state index contributed by atoms with van der Waals surface area (Å²) in [7, 11) is 0. The number of anilines is 1. The standard InChI is InChI=1S/C19H16Cl2N2O3/c1-11-16(24)9-23(11)13-6-14(20)18(15(21)7-13)19(25)22-8-12-4-2-3-5-17(12)26-10-22/h2-7,11H,8-10H2,1H3/t11-/m1/s1. The van der Waals surface area contributed by atoms with Crippen LogP contribution in [-0.2, 0) is 11.3 Å². The van der Waals surface area contributed by atoms with Crippen molar-refractivity contribution in [3.05, 3.63) is 57.6 Å². The largest absolute Gasteiger partial charge is 0.473 e. The monoisotopic (exact) mass is 390 g/mol. The summed E-state index contributed by atoms with van der Waals surface area (Å²) in [5.41, 5.74) is 1.92. The summed E-state index contributed by atoms with van der Waals surface area (Å²) < 4.78 is 5.65. The van der Waals surface area contributed by atoms with Gasteiger partial charge in [0, 0.05) is 11.3 Å². The minimum Gasteiger partial charge on any atom is -0.473 e. The molecule has 2 aromatic carbocycles. The highest BCUT2D eigenvalue weighted by Gasteiger charge is 2.34. The Kier molecular flexibility index (Phi) is 4.29. The summed E-state index contributed by atoms with van der Waals surface area (Å²) in [5.74, 6) is 0.663. The average molecular weight is 391 g/mol. The molecule has 134 valence electrons. The first-order valence-electron chi connectivity index (χ1n) is 8.24. The molecule has 0 unspecified atom stereocenters. The van der Waals surface area contributed by atoms with Crippen molar-refractivity contribution < 1.29 is 14.3 Å². The first kappa shape index (κ1) is 17.2. The second-order valence-corrected chi connectivity index (χ2v) is 7.25. The molecule has 1 amide bonds. The van der Waals surface area contributed by atoms with Crippen LogP contribution in [0.5, 0.6) is 5.75 Å². The fourth-order valence-corrected chi connectivity index (χ4v) is 3.84. The van der Waals surface area contributed by atoms with Crippen LogP contribution in [0.2, 0.25) is 10.0 Å². The maximum absolute atomic E-state index is 12.9. The number of hydrogen-bond donors (Lipinski definition) is 0. The molecule has 2 aliphatic rings. The molecule has 0 aromatic heterocycles. The summed E-state index contributed by atoms with van der Waals surface area (Å²) >= 11 is 12.7. The third-order valence-corrected chi connectivity index (χ3v) is 5.43. The molecule has 1 fully saturated rings. The van der Waals surface area contributed by atoms with Crippen LogP contribution in [0.25, 0.3) is 0 Å². The summed E-state index contributed by atoms with van der Waals surface area (Å²) in [6.07, 6.45) is 0. The van der Waals surface area contributed by atoms with E-state index in [0.29, 0.717) is 13.1 Å². The highest BCUT2D eigenvalue weighted by atomic mass is 35.5. The minimum atomic E-state index is -0.284. The normalized spacial score (nSPS) is 18.9. The van der Waals surface area contributed by atoms with E-state index in [1.54, 1.807) is 17.0 Å². The van der Waals surface area contributed by atoms with Crippen molar-refractivity contribution in [3.63, 3.8) is 0 Å². The van der Waals surface area contributed by atoms with Gasteiger partial charge >= 0.3 is 0 Å². The fraction of sp³-hybridized carbons (Fsp3) is 0.263. The zero-order valence-electron chi connectivity index (χ0n) is 14.0. The van der Waals surface area contributed by atoms with Crippen LogP contribution >= 0.6 is 23.2 Å². The summed E-state index contributed by atoms with van der Waals surface area (Å²) in [5, 5.41) is 0.533. The van der Waals surface area contributed by atoms with Gasteiger partial charge in [-0.3, -0.25) is 9.59 Å². The van der Waals surface area contributed by atoms with Gasteiger partial charge in [0.2, 0.25) is 0 Å². The first-order valence-corrected chi connectivity index (χ1v) is 8.99. The summed E-state index contributed by atoms with van der Waals surface area (Å²) in [4.78, 5) is 27.9. The minimum absolute atomic E-state index is 0.141. The van der Waals surface area contributed by atoms with Crippen LogP contribution in [0.15, 0.2) is 36.4 Å². The SMILES string of the molecule is C[C@@H]1C(=O)CN1c1cc(Cl)c(C(=O)N2COc3ccccc3C2)c(Cl)c1. The number of hydrogen-bond acceptors (Lipinski definition) is 4. The van der Waals surface area contributed by atoms with Crippen molar-refractivity contribution >= 4 is 40.6 Å². The molecule has 0 aliphatic carbocycles. The zero-order chi connectivity index (χ0) is 18.4. The molecular weight excluding hydrogens is 375 g/mol. The van der Waals surface area contributed by atoms with Crippen LogP contribution in [0.3, 0.4) is 0 Å². The van der Waals surface area contributed by atoms with E-state index in [1.165, 1.54) is 0 Å². The quantitative estimate of drug-likeness (QED) is 0.782. The molecule has 7 heteroatoms. The summed E-state index contributed by atoms with van der Waals surface area (Å²) in [6.45, 7) is 2.73. The van der Waals surface area contributed by atoms with Crippen LogP contribution in [0, 0.1) is 0 Å². The number of ketones is 1. The van der Waals surface area contributed by atoms with Gasteiger partial charge in [0.1, 0.15) is 5.75 Å². The number of halogens is 2. The lowest BCUT2D eigenvalue weighted by atomic mass is 10.0. The molecule has 2 aliphatic heterocycles. The van der Waals surface area contributed by atoms with Crippen LogP contribution in [0.4, 0.5) is 5.69 Å². The molecule has 0 spiro atoms. The van der Waals surface area contributed by atoms with Gasteiger partial charge in [0.15, 0.2) is 12.5 Å². The van der Waals surface area contributed by atoms with E-state index < -0.39 is 0 Å². The lowest BCUT2D eigenvalue weighted by molar-refractivity contribution is -0.122. The average Bonchev–Trinajstić information content (AvgIpc) is 2.64. The molecular formula is C19H16Cl2N2O3. The molecule has 0 N–H and O–H groups in total. The van der Waals surface area contributed by atoms with Crippen LogP contribution in [0.1, 0.15) is 22.8 Å². The zero-order valence-corrected chi connectivity index (χ0v) is 15.5. The van der Waals surface area contributed by atoms with Crippen molar-refractivity contribution in [2.45, 2.75) is 19.5 Å². The van der Waals surface area contributed by atoms with Crippen molar-refractivity contribution in [1.29, 1.82) is 0 Å². The van der Waals surface area contributed by atoms with E-state index in [-0.39, 0.29) is 40.1 Å². The third-order valence-electron chi connectivity index (χ3n) is 4.83. The van der Waals surface area contributed by atoms with E-state index in [4.69, 9.17) is 27.9 Å². The molecule has 2 heterocycles. The Balaban J connectivity index is 1.60. The molecule has 5 nitrogen and oxygen atoms in total. The molecule has 0 saturated carbocycles. The van der Waals surface area contributed by atoms with Gasteiger partial charge in [-0.2, -0.15) is 0 Å². The number of amides is 1. The first-order chi connectivity index (χ1) is 12.5. The Hall–Kier alpha value is -2.24. The second kappa shape index (κ2) is 6.49. The smallest absolute Gasteiger partial charge is 0.259 e. The van der Waals surface area contributed by atoms with Gasteiger partial charge in [0.25, 0.3) is 5.91 Å². The Morgan fingerprint density at radius 1 is 1.15 bits per heavy atom. The highest BCUT2D eigenvalue weighted by molar-refractivity contribution is 6.40. The Morgan fingerprint density at radius 2 is 1.85 bits per heavy atom. The molecule has 2 aromatic rings. The number of carbonyl (C=O) groups is 2. The Bertz CT molecular complexity index is 892. The number of Topliss-reactive ketones (excluding diaryl/α,β-unsaturated/α-hetero) is 1. The van der Waals surface area contributed by atoms with Crippen LogP contribution < -0.4 is 9.64 Å². The van der Waals surface area contributed by atoms with E-state index in [1.807, 2.05) is 36.1 Å². The number of rotatable bonds is 2. The molecule has 1 atom stereocenters. The van der Waals surface area contributed by atoms with E-state index >= 15 is 0 Å². The van der Waals surface area contributed by atoms with Gasteiger partial charge in [-0.05, 0) is 25.1 Å². The fourth-order valence-electron chi connectivity index (χ4n) is 3.21. The van der Waals surface area contributed by atoms with Crippen molar-refractivity contribution in [1.82, 2.24) is 4.90 Å². The van der Waals surface area contributed by atoms with Crippen molar-refractivity contribution in [2.24, 2.45) is 0 Å². The number of nitrogens with zero attached hydrogens (tertiary/aromatic N) is 2. The topological polar surface area (TPSA) is 49.9 Å². The van der Waals surface area contributed by atoms with Gasteiger partial charge < -0.3 is 14.5 Å². The summed E-state index contributed by atoms with van der Waals surface area (Å²) in [6, 6.07) is 10.8. The van der Waals surface area contributed by atoms with E-state index in [0.717, 1.165) is 17.0 Å². The number of fused-ring (bicyclic) bond motifs is 1. The highest BCUT2D eigenvalue weighted by Crippen LogP contribution is 2.35. The lowest BCUT2D eigenvalue weighted by Crippen LogP contribution is -2.55. The predicted octanol–water partition coefficient (Wildman–Crippen LogP) is 3.76. The maximum atomic E-state index is 12.9. The second-order valence-electron chi connectivity index (χ2n) is 6.44. The van der Waals surface area contributed by atoms with Gasteiger partial charge in [-0.1, -0.05) is 41.4 Å². The number of para-hydroxylation sites is 1.